The fourth-order valence-electron chi connectivity index (χ4n) is 3.05. The molecule has 1 aliphatic heterocycles. The van der Waals surface area contributed by atoms with Gasteiger partial charge in [0.05, 0.1) is 17.7 Å². The van der Waals surface area contributed by atoms with Gasteiger partial charge in [-0.15, -0.1) is 10.2 Å². The van der Waals surface area contributed by atoms with Gasteiger partial charge >= 0.3 is 0 Å². The zero-order valence-electron chi connectivity index (χ0n) is 13.6. The molecular formula is C16H20ClFN4O2. The Bertz CT molecular complexity index is 711. The molecule has 0 saturated carbocycles. The number of β-amino-alcohol motifs (C(OH)–C–C–N with tert-alkyl or cyclic N) is 1. The first-order valence-corrected chi connectivity index (χ1v) is 8.14. The Balaban J connectivity index is 1.62. The third kappa shape index (κ3) is 3.75. The van der Waals surface area contributed by atoms with E-state index in [1.165, 1.54) is 6.07 Å². The third-order valence-corrected chi connectivity index (χ3v) is 4.57. The summed E-state index contributed by atoms with van der Waals surface area (Å²) in [6.07, 6.45) is -0.527. The number of likely N-dealkylation sites (N-methyl/N-ethyl adjacent to an activating group) is 1. The number of benzene rings is 1. The van der Waals surface area contributed by atoms with Gasteiger partial charge in [-0.2, -0.15) is 0 Å². The molecule has 1 aromatic carbocycles. The van der Waals surface area contributed by atoms with E-state index in [-0.39, 0.29) is 11.1 Å². The van der Waals surface area contributed by atoms with Crippen molar-refractivity contribution in [2.45, 2.75) is 32.2 Å². The Morgan fingerprint density at radius 2 is 2.21 bits per heavy atom. The molecule has 3 rings (SSSR count). The van der Waals surface area contributed by atoms with Crippen LogP contribution in [-0.4, -0.2) is 57.4 Å². The van der Waals surface area contributed by atoms with Crippen molar-refractivity contribution in [1.82, 2.24) is 20.0 Å². The number of aryl methyl sites for hydroxylation is 1. The summed E-state index contributed by atoms with van der Waals surface area (Å²) in [5, 5.41) is 18.2. The first-order chi connectivity index (χ1) is 11.4. The Kier molecular flexibility index (Phi) is 5.15. The van der Waals surface area contributed by atoms with Gasteiger partial charge in [-0.1, -0.05) is 23.7 Å². The van der Waals surface area contributed by atoms with Gasteiger partial charge in [0, 0.05) is 38.2 Å². The minimum absolute atomic E-state index is 0.0838. The lowest BCUT2D eigenvalue weighted by Gasteiger charge is -2.25. The zero-order valence-corrected chi connectivity index (χ0v) is 14.4. The maximum atomic E-state index is 14.0. The number of likely N-dealkylation sites (tertiary alicyclic amines) is 1. The predicted molar refractivity (Wildman–Crippen MR) is 87.0 cm³/mol. The van der Waals surface area contributed by atoms with Gasteiger partial charge in [0.15, 0.2) is 0 Å². The van der Waals surface area contributed by atoms with Crippen LogP contribution in [0.25, 0.3) is 0 Å². The molecule has 0 amide bonds. The van der Waals surface area contributed by atoms with Crippen LogP contribution in [0.2, 0.25) is 5.02 Å². The summed E-state index contributed by atoms with van der Waals surface area (Å²) >= 11 is 5.82. The van der Waals surface area contributed by atoms with Crippen molar-refractivity contribution in [3.05, 3.63) is 46.4 Å². The molecule has 0 spiro atoms. The average molecular weight is 355 g/mol. The van der Waals surface area contributed by atoms with Crippen molar-refractivity contribution in [1.29, 1.82) is 0 Å². The molecule has 0 bridgehead atoms. The van der Waals surface area contributed by atoms with Crippen LogP contribution in [0.5, 0.6) is 0 Å². The Labute approximate surface area is 144 Å². The highest BCUT2D eigenvalue weighted by Gasteiger charge is 2.34. The molecule has 0 unspecified atom stereocenters. The molecule has 24 heavy (non-hydrogen) atoms. The number of aliphatic hydroxyl groups excluding tert-OH is 1. The van der Waals surface area contributed by atoms with Crippen LogP contribution < -0.4 is 0 Å². The summed E-state index contributed by atoms with van der Waals surface area (Å²) in [7, 11) is 1.90. The van der Waals surface area contributed by atoms with Crippen LogP contribution in [-0.2, 0) is 13.1 Å². The van der Waals surface area contributed by atoms with Crippen molar-refractivity contribution in [3.8, 4) is 0 Å². The van der Waals surface area contributed by atoms with E-state index in [9.17, 15) is 9.50 Å². The largest absolute Gasteiger partial charge is 0.424 e. The lowest BCUT2D eigenvalue weighted by atomic mass is 10.2. The summed E-state index contributed by atoms with van der Waals surface area (Å²) in [6.45, 7) is 3.71. The third-order valence-electron chi connectivity index (χ3n) is 4.28. The minimum atomic E-state index is -0.527. The van der Waals surface area contributed by atoms with Crippen molar-refractivity contribution < 1.29 is 13.9 Å². The molecule has 130 valence electrons. The first-order valence-electron chi connectivity index (χ1n) is 7.76. The highest BCUT2D eigenvalue weighted by Crippen LogP contribution is 2.23. The maximum absolute atomic E-state index is 14.0. The van der Waals surface area contributed by atoms with E-state index in [1.807, 2.05) is 16.8 Å². The van der Waals surface area contributed by atoms with E-state index >= 15 is 0 Å². The van der Waals surface area contributed by atoms with Crippen LogP contribution in [0, 0.1) is 12.7 Å². The maximum Gasteiger partial charge on any atom is 0.230 e. The zero-order chi connectivity index (χ0) is 17.3. The van der Waals surface area contributed by atoms with Gasteiger partial charge in [-0.3, -0.25) is 9.80 Å². The van der Waals surface area contributed by atoms with E-state index < -0.39 is 11.9 Å². The summed E-state index contributed by atoms with van der Waals surface area (Å²) in [6, 6.07) is 4.89. The van der Waals surface area contributed by atoms with Crippen molar-refractivity contribution >= 4 is 11.6 Å². The SMILES string of the molecule is Cc1nnc(CN(C)[C@@H]2CN(Cc3cccc(Cl)c3F)C[C@H]2O)o1. The van der Waals surface area contributed by atoms with E-state index in [0.717, 1.165) is 0 Å². The summed E-state index contributed by atoms with van der Waals surface area (Å²) in [5.41, 5.74) is 0.533. The molecule has 2 heterocycles. The highest BCUT2D eigenvalue weighted by atomic mass is 35.5. The number of halogens is 2. The van der Waals surface area contributed by atoms with Crippen LogP contribution in [0.4, 0.5) is 4.39 Å². The van der Waals surface area contributed by atoms with Gasteiger partial charge in [0.25, 0.3) is 0 Å². The number of aromatic nitrogens is 2. The molecule has 0 aliphatic carbocycles. The molecule has 1 aliphatic rings. The number of rotatable bonds is 5. The standard InChI is InChI=1S/C16H20ClFN4O2/c1-10-19-20-15(24-10)9-21(2)13-7-22(8-14(13)23)6-11-4-3-5-12(17)16(11)18/h3-5,13-14,23H,6-9H2,1-2H3/t13-,14-/m1/s1. The van der Waals surface area contributed by atoms with Gasteiger partial charge in [0.2, 0.25) is 11.8 Å². The molecule has 2 atom stereocenters. The van der Waals surface area contributed by atoms with Crippen molar-refractivity contribution in [2.24, 2.45) is 0 Å². The average Bonchev–Trinajstić information content (AvgIpc) is 3.10. The number of aliphatic hydroxyl groups is 1. The van der Waals surface area contributed by atoms with Gasteiger partial charge in [-0.25, -0.2) is 4.39 Å². The number of hydrogen-bond acceptors (Lipinski definition) is 6. The second-order valence-electron chi connectivity index (χ2n) is 6.17. The highest BCUT2D eigenvalue weighted by molar-refractivity contribution is 6.30. The summed E-state index contributed by atoms with van der Waals surface area (Å²) in [5.74, 6) is 0.636. The van der Waals surface area contributed by atoms with Gasteiger partial charge in [0.1, 0.15) is 5.82 Å². The van der Waals surface area contributed by atoms with E-state index in [0.29, 0.717) is 43.5 Å². The lowest BCUT2D eigenvalue weighted by Crippen LogP contribution is -2.40. The van der Waals surface area contributed by atoms with Crippen molar-refractivity contribution in [3.63, 3.8) is 0 Å². The number of nitrogens with zero attached hydrogens (tertiary/aromatic N) is 4. The Morgan fingerprint density at radius 1 is 1.42 bits per heavy atom. The fourth-order valence-corrected chi connectivity index (χ4v) is 3.25. The molecule has 6 nitrogen and oxygen atoms in total. The molecule has 1 N–H and O–H groups in total. The second-order valence-corrected chi connectivity index (χ2v) is 6.58. The predicted octanol–water partition coefficient (Wildman–Crippen LogP) is 1.85. The molecule has 1 saturated heterocycles. The quantitative estimate of drug-likeness (QED) is 0.884. The summed E-state index contributed by atoms with van der Waals surface area (Å²) in [4.78, 5) is 3.99. The van der Waals surface area contributed by atoms with Crippen LogP contribution in [0.1, 0.15) is 17.3 Å². The smallest absolute Gasteiger partial charge is 0.230 e. The molecule has 1 fully saturated rings. The van der Waals surface area contributed by atoms with Gasteiger partial charge in [-0.05, 0) is 13.1 Å². The Morgan fingerprint density at radius 3 is 2.92 bits per heavy atom. The summed E-state index contributed by atoms with van der Waals surface area (Å²) < 4.78 is 19.4. The second kappa shape index (κ2) is 7.14. The minimum Gasteiger partial charge on any atom is -0.424 e. The lowest BCUT2D eigenvalue weighted by molar-refractivity contribution is 0.0898. The molecule has 1 aromatic heterocycles. The normalized spacial score (nSPS) is 21.8. The molecule has 0 radical (unpaired) electrons. The first kappa shape index (κ1) is 17.3. The Hall–Kier alpha value is -1.54. The van der Waals surface area contributed by atoms with Crippen LogP contribution in [0.3, 0.4) is 0 Å². The van der Waals surface area contributed by atoms with Crippen LogP contribution in [0.15, 0.2) is 22.6 Å². The fraction of sp³-hybridized carbons (Fsp3) is 0.500. The molecule has 8 heteroatoms. The van der Waals surface area contributed by atoms with E-state index in [4.69, 9.17) is 16.0 Å². The van der Waals surface area contributed by atoms with Crippen molar-refractivity contribution in [2.75, 3.05) is 20.1 Å². The topological polar surface area (TPSA) is 65.6 Å². The van der Waals surface area contributed by atoms with E-state index in [2.05, 4.69) is 10.2 Å². The monoisotopic (exact) mass is 354 g/mol. The van der Waals surface area contributed by atoms with Gasteiger partial charge < -0.3 is 9.52 Å². The van der Waals surface area contributed by atoms with E-state index in [1.54, 1.807) is 19.1 Å². The van der Waals surface area contributed by atoms with Crippen LogP contribution >= 0.6 is 11.6 Å². The molecular weight excluding hydrogens is 335 g/mol. The molecule has 2 aromatic rings. The number of hydrogen-bond donors (Lipinski definition) is 1.